The number of hydrogen-bond acceptors (Lipinski definition) is 2. The molecular formula is C22H32N2O2. The van der Waals surface area contributed by atoms with Crippen molar-refractivity contribution in [3.63, 3.8) is 0 Å². The Kier molecular flexibility index (Phi) is 5.69. The average Bonchev–Trinajstić information content (AvgIpc) is 3.23. The zero-order valence-corrected chi connectivity index (χ0v) is 16.4. The molecule has 2 aliphatic rings. The Morgan fingerprint density at radius 3 is 2.23 bits per heavy atom. The Hall–Kier alpha value is -1.84. The summed E-state index contributed by atoms with van der Waals surface area (Å²) in [5.41, 5.74) is 1.70. The molecule has 0 aromatic heterocycles. The van der Waals surface area contributed by atoms with Crippen molar-refractivity contribution < 1.29 is 9.59 Å². The van der Waals surface area contributed by atoms with E-state index in [-0.39, 0.29) is 23.8 Å². The van der Waals surface area contributed by atoms with Gasteiger partial charge in [-0.2, -0.15) is 0 Å². The molecule has 2 amide bonds. The van der Waals surface area contributed by atoms with E-state index in [2.05, 4.69) is 17.6 Å². The number of amides is 2. The quantitative estimate of drug-likeness (QED) is 0.817. The first-order valence-corrected chi connectivity index (χ1v) is 10.0. The first-order chi connectivity index (χ1) is 12.3. The Morgan fingerprint density at radius 1 is 1.00 bits per heavy atom. The fraction of sp³-hybridized carbons (Fsp3) is 0.636. The predicted molar refractivity (Wildman–Crippen MR) is 104 cm³/mol. The van der Waals surface area contributed by atoms with E-state index >= 15 is 0 Å². The first kappa shape index (κ1) is 18.9. The van der Waals surface area contributed by atoms with E-state index in [1.54, 1.807) is 12.1 Å². The minimum atomic E-state index is -0.509. The van der Waals surface area contributed by atoms with Gasteiger partial charge in [-0.05, 0) is 68.9 Å². The van der Waals surface area contributed by atoms with Crippen LogP contribution in [-0.2, 0) is 4.79 Å². The molecule has 4 nitrogen and oxygen atoms in total. The lowest BCUT2D eigenvalue weighted by molar-refractivity contribution is -0.125. The fourth-order valence-electron chi connectivity index (χ4n) is 4.79. The fourth-order valence-corrected chi connectivity index (χ4v) is 4.79. The highest BCUT2D eigenvalue weighted by molar-refractivity contribution is 5.97. The summed E-state index contributed by atoms with van der Waals surface area (Å²) >= 11 is 0. The Balaban J connectivity index is 1.60. The van der Waals surface area contributed by atoms with Gasteiger partial charge in [-0.1, -0.05) is 38.0 Å². The van der Waals surface area contributed by atoms with Crippen LogP contribution in [0.5, 0.6) is 0 Å². The van der Waals surface area contributed by atoms with Gasteiger partial charge in [-0.15, -0.1) is 0 Å². The van der Waals surface area contributed by atoms with E-state index in [1.807, 2.05) is 32.9 Å². The van der Waals surface area contributed by atoms with Crippen LogP contribution in [0.15, 0.2) is 24.3 Å². The number of rotatable bonds is 6. The van der Waals surface area contributed by atoms with Crippen molar-refractivity contribution in [3.8, 4) is 0 Å². The Labute approximate surface area is 157 Å². The molecule has 2 bridgehead atoms. The maximum absolute atomic E-state index is 12.9. The summed E-state index contributed by atoms with van der Waals surface area (Å²) < 4.78 is 0. The summed E-state index contributed by atoms with van der Waals surface area (Å²) in [6.07, 6.45) is 5.26. The predicted octanol–water partition coefficient (Wildman–Crippen LogP) is 3.69. The molecule has 0 aliphatic heterocycles. The van der Waals surface area contributed by atoms with Crippen molar-refractivity contribution in [2.24, 2.45) is 23.7 Å². The van der Waals surface area contributed by atoms with Gasteiger partial charge >= 0.3 is 0 Å². The SMILES string of the molecule is Cc1ccc(C(=O)N[C@H](C(=O)N[C@@H](C)[C@@H]2C[C@H]3CC[C@H]2C3)C(C)C)cc1. The number of carbonyl (C=O) groups excluding carboxylic acids is 2. The highest BCUT2D eigenvalue weighted by Crippen LogP contribution is 2.49. The zero-order valence-electron chi connectivity index (χ0n) is 16.4. The number of hydrogen-bond donors (Lipinski definition) is 2. The van der Waals surface area contributed by atoms with E-state index in [4.69, 9.17) is 0 Å². The zero-order chi connectivity index (χ0) is 18.8. The van der Waals surface area contributed by atoms with Crippen LogP contribution in [0.4, 0.5) is 0 Å². The molecule has 2 aliphatic carbocycles. The number of fused-ring (bicyclic) bond motifs is 2. The van der Waals surface area contributed by atoms with E-state index in [9.17, 15) is 9.59 Å². The molecular weight excluding hydrogens is 324 g/mol. The third-order valence-electron chi connectivity index (χ3n) is 6.35. The third kappa shape index (κ3) is 4.11. The maximum Gasteiger partial charge on any atom is 0.251 e. The highest BCUT2D eigenvalue weighted by Gasteiger charge is 2.42. The molecule has 3 rings (SSSR count). The highest BCUT2D eigenvalue weighted by atomic mass is 16.2. The summed E-state index contributed by atoms with van der Waals surface area (Å²) in [4.78, 5) is 25.4. The van der Waals surface area contributed by atoms with Gasteiger partial charge in [0.25, 0.3) is 5.91 Å². The van der Waals surface area contributed by atoms with Crippen LogP contribution in [0.1, 0.15) is 62.4 Å². The van der Waals surface area contributed by atoms with Gasteiger partial charge in [-0.25, -0.2) is 0 Å². The van der Waals surface area contributed by atoms with Crippen molar-refractivity contribution in [3.05, 3.63) is 35.4 Å². The van der Waals surface area contributed by atoms with Gasteiger partial charge in [0.2, 0.25) is 5.91 Å². The molecule has 1 aromatic carbocycles. The number of aryl methyl sites for hydroxylation is 1. The van der Waals surface area contributed by atoms with Crippen LogP contribution in [0.25, 0.3) is 0 Å². The van der Waals surface area contributed by atoms with Crippen LogP contribution >= 0.6 is 0 Å². The van der Waals surface area contributed by atoms with E-state index in [0.29, 0.717) is 11.5 Å². The third-order valence-corrected chi connectivity index (χ3v) is 6.35. The second-order valence-electron chi connectivity index (χ2n) is 8.70. The first-order valence-electron chi connectivity index (χ1n) is 10.0. The molecule has 2 N–H and O–H groups in total. The van der Waals surface area contributed by atoms with E-state index < -0.39 is 6.04 Å². The van der Waals surface area contributed by atoms with Crippen molar-refractivity contribution >= 4 is 11.8 Å². The lowest BCUT2D eigenvalue weighted by Crippen LogP contribution is -2.53. The minimum absolute atomic E-state index is 0.0385. The number of carbonyl (C=O) groups is 2. The Bertz CT molecular complexity index is 653. The van der Waals surface area contributed by atoms with Crippen LogP contribution in [0.3, 0.4) is 0 Å². The van der Waals surface area contributed by atoms with Gasteiger partial charge in [0.15, 0.2) is 0 Å². The van der Waals surface area contributed by atoms with Crippen LogP contribution in [-0.4, -0.2) is 23.9 Å². The van der Waals surface area contributed by atoms with Crippen LogP contribution < -0.4 is 10.6 Å². The molecule has 0 spiro atoms. The molecule has 2 fully saturated rings. The van der Waals surface area contributed by atoms with Gasteiger partial charge in [0.1, 0.15) is 6.04 Å². The van der Waals surface area contributed by atoms with Crippen molar-refractivity contribution in [2.75, 3.05) is 0 Å². The molecule has 0 radical (unpaired) electrons. The average molecular weight is 357 g/mol. The molecule has 0 saturated heterocycles. The summed E-state index contributed by atoms with van der Waals surface area (Å²) in [5.74, 6) is 2.03. The van der Waals surface area contributed by atoms with Crippen LogP contribution in [0, 0.1) is 30.6 Å². The molecule has 2 saturated carbocycles. The second kappa shape index (κ2) is 7.81. The van der Waals surface area contributed by atoms with Crippen molar-refractivity contribution in [1.29, 1.82) is 0 Å². The lowest BCUT2D eigenvalue weighted by atomic mass is 9.84. The molecule has 5 atom stereocenters. The minimum Gasteiger partial charge on any atom is -0.352 e. The van der Waals surface area contributed by atoms with Gasteiger partial charge < -0.3 is 10.6 Å². The molecule has 0 heterocycles. The maximum atomic E-state index is 12.9. The summed E-state index contributed by atoms with van der Waals surface area (Å²) in [6, 6.07) is 7.10. The molecule has 0 unspecified atom stereocenters. The van der Waals surface area contributed by atoms with Gasteiger partial charge in [0.05, 0.1) is 0 Å². The molecule has 142 valence electrons. The molecule has 1 aromatic rings. The topological polar surface area (TPSA) is 58.2 Å². The van der Waals surface area contributed by atoms with E-state index in [1.165, 1.54) is 25.7 Å². The largest absolute Gasteiger partial charge is 0.352 e. The number of nitrogens with one attached hydrogen (secondary N) is 2. The van der Waals surface area contributed by atoms with Crippen LogP contribution in [0.2, 0.25) is 0 Å². The van der Waals surface area contributed by atoms with Gasteiger partial charge in [-0.3, -0.25) is 9.59 Å². The van der Waals surface area contributed by atoms with E-state index in [0.717, 1.165) is 17.4 Å². The monoisotopic (exact) mass is 356 g/mol. The smallest absolute Gasteiger partial charge is 0.251 e. The summed E-state index contributed by atoms with van der Waals surface area (Å²) in [5, 5.41) is 6.13. The molecule has 4 heteroatoms. The van der Waals surface area contributed by atoms with Gasteiger partial charge in [0, 0.05) is 11.6 Å². The van der Waals surface area contributed by atoms with Crippen molar-refractivity contribution in [1.82, 2.24) is 10.6 Å². The second-order valence-corrected chi connectivity index (χ2v) is 8.70. The molecule has 26 heavy (non-hydrogen) atoms. The normalized spacial score (nSPS) is 26.6. The summed E-state index contributed by atoms with van der Waals surface area (Å²) in [6.45, 7) is 8.06. The standard InChI is InChI=1S/C22H32N2O2/c1-13(2)20(24-21(25)17-8-5-14(3)6-9-17)22(26)23-15(4)19-12-16-7-10-18(19)11-16/h5-6,8-9,13,15-16,18-20H,7,10-12H2,1-4H3,(H,23,26)(H,24,25)/t15-,16-,18-,19-,20-/m0/s1. The van der Waals surface area contributed by atoms with Crippen molar-refractivity contribution in [2.45, 2.75) is 65.5 Å². The lowest BCUT2D eigenvalue weighted by Gasteiger charge is -2.31. The number of benzene rings is 1. The Morgan fingerprint density at radius 2 is 1.69 bits per heavy atom. The summed E-state index contributed by atoms with van der Waals surface area (Å²) in [7, 11) is 0.